The summed E-state index contributed by atoms with van der Waals surface area (Å²) in [4.78, 5) is 0. The minimum Gasteiger partial charge on any atom is -0.564 e. The molecule has 0 N–H and O–H groups in total. The molecule has 0 saturated carbocycles. The Morgan fingerprint density at radius 2 is 1.62 bits per heavy atom. The van der Waals surface area contributed by atoms with E-state index in [1.807, 2.05) is 0 Å². The van der Waals surface area contributed by atoms with Gasteiger partial charge in [-0.05, 0) is 0 Å². The van der Waals surface area contributed by atoms with Crippen molar-refractivity contribution in [1.82, 2.24) is 0 Å². The fraction of sp³-hybridized carbons (Fsp3) is 1.00. The number of hydrogen-bond acceptors (Lipinski definition) is 0. The van der Waals surface area contributed by atoms with Crippen molar-refractivity contribution in [1.29, 1.82) is 0 Å². The molecule has 0 aromatic carbocycles. The van der Waals surface area contributed by atoms with Gasteiger partial charge in [-0.15, -0.1) is 0 Å². The molecule has 0 rings (SSSR count). The largest absolute Gasteiger partial charge is 1.00 e. The molecule has 0 fully saturated rings. The Morgan fingerprint density at radius 3 is 1.62 bits per heavy atom. The zero-order valence-corrected chi connectivity index (χ0v) is 7.91. The quantitative estimate of drug-likeness (QED) is 0.380. The maximum Gasteiger partial charge on any atom is 1.00 e. The van der Waals surface area contributed by atoms with Crippen molar-refractivity contribution in [2.75, 3.05) is 0 Å². The second-order valence-electron chi connectivity index (χ2n) is 1.45. The number of hydrogen-bond donors (Lipinski definition) is 0. The molecule has 0 aliphatic rings. The van der Waals surface area contributed by atoms with E-state index in [9.17, 15) is 13.2 Å². The average molecular weight is 147 g/mol. The van der Waals surface area contributed by atoms with Gasteiger partial charge in [-0.1, -0.05) is 12.5 Å². The number of halogens is 3. The van der Waals surface area contributed by atoms with Gasteiger partial charge in [-0.2, -0.15) is 0 Å². The van der Waals surface area contributed by atoms with Crippen LogP contribution in [-0.4, -0.2) is 19.8 Å². The molecule has 5 heteroatoms. The van der Waals surface area contributed by atoms with Crippen LogP contribution in [0.15, 0.2) is 0 Å². The predicted molar refractivity (Wildman–Crippen MR) is 21.3 cm³/mol. The van der Waals surface area contributed by atoms with E-state index in [2.05, 4.69) is 7.85 Å². The molecule has 1 atom stereocenters. The molecule has 0 aromatic rings. The SMILES string of the molecule is [B-]C(C)(F)C(F)F.[K+]. The van der Waals surface area contributed by atoms with E-state index in [1.54, 1.807) is 0 Å². The van der Waals surface area contributed by atoms with Crippen molar-refractivity contribution in [2.24, 2.45) is 0 Å². The first-order chi connectivity index (χ1) is 2.94. The molecule has 3 radical (unpaired) electrons. The van der Waals surface area contributed by atoms with E-state index in [0.717, 1.165) is 0 Å². The summed E-state index contributed by atoms with van der Waals surface area (Å²) >= 11 is 0. The molecule has 0 aromatic heterocycles. The van der Waals surface area contributed by atoms with Crippen LogP contribution in [0.4, 0.5) is 13.2 Å². The minimum atomic E-state index is -3.09. The van der Waals surface area contributed by atoms with E-state index in [1.165, 1.54) is 0 Å². The molecule has 0 nitrogen and oxygen atoms in total. The van der Waals surface area contributed by atoms with E-state index in [0.29, 0.717) is 6.92 Å². The molecule has 0 saturated heterocycles. The van der Waals surface area contributed by atoms with Crippen LogP contribution in [0.5, 0.6) is 0 Å². The first-order valence-electron chi connectivity index (χ1n) is 1.70. The van der Waals surface area contributed by atoms with Gasteiger partial charge < -0.3 is 7.85 Å². The first-order valence-corrected chi connectivity index (χ1v) is 1.70. The second kappa shape index (κ2) is 4.33. The third-order valence-corrected chi connectivity index (χ3v) is 0.427. The first kappa shape index (κ1) is 12.2. The Kier molecular flexibility index (Phi) is 6.60. The second-order valence-corrected chi connectivity index (χ2v) is 1.45. The summed E-state index contributed by atoms with van der Waals surface area (Å²) in [6.07, 6.45) is -3.09. The molecule has 0 heterocycles. The average Bonchev–Trinajstić information content (AvgIpc) is 1.31. The standard InChI is InChI=1S/C3H4BF3.K/c1-3(4,7)2(5)6;/h2H,1H3;/q-1;+1. The Labute approximate surface area is 90.0 Å². The number of rotatable bonds is 1. The van der Waals surface area contributed by atoms with Crippen LogP contribution in [0.3, 0.4) is 0 Å². The van der Waals surface area contributed by atoms with Crippen LogP contribution in [0.1, 0.15) is 6.92 Å². The van der Waals surface area contributed by atoms with Crippen molar-refractivity contribution in [3.8, 4) is 0 Å². The smallest absolute Gasteiger partial charge is 0.564 e. The molecule has 41 valence electrons. The monoisotopic (exact) mass is 147 g/mol. The summed E-state index contributed by atoms with van der Waals surface area (Å²) in [5.74, 6) is 0. The summed E-state index contributed by atoms with van der Waals surface area (Å²) in [7, 11) is 4.26. The summed E-state index contributed by atoms with van der Waals surface area (Å²) in [5, 5.41) is 0. The molecule has 0 bridgehead atoms. The van der Waals surface area contributed by atoms with Gasteiger partial charge >= 0.3 is 51.4 Å². The van der Waals surface area contributed by atoms with Gasteiger partial charge in [-0.3, -0.25) is 4.39 Å². The zero-order chi connectivity index (χ0) is 6.08. The molecule has 0 aliphatic carbocycles. The number of alkyl halides is 3. The third-order valence-electron chi connectivity index (χ3n) is 0.427. The molecule has 1 unspecified atom stereocenters. The summed E-state index contributed by atoms with van der Waals surface area (Å²) in [5.41, 5.74) is -2.83. The Bertz CT molecular complexity index is 60.0. The Balaban J connectivity index is 0. The predicted octanol–water partition coefficient (Wildman–Crippen LogP) is -1.89. The third kappa shape index (κ3) is 5.62. The van der Waals surface area contributed by atoms with E-state index in [-0.39, 0.29) is 51.4 Å². The van der Waals surface area contributed by atoms with E-state index < -0.39 is 12.0 Å². The molecular weight excluding hydrogens is 143 g/mol. The van der Waals surface area contributed by atoms with Gasteiger partial charge in [0.15, 0.2) is 0 Å². The molecular formula is C3H4BF3K. The van der Waals surface area contributed by atoms with E-state index >= 15 is 0 Å². The van der Waals surface area contributed by atoms with Crippen molar-refractivity contribution in [2.45, 2.75) is 18.9 Å². The Hall–Kier alpha value is 1.49. The van der Waals surface area contributed by atoms with Crippen LogP contribution in [0.2, 0.25) is 0 Å². The Morgan fingerprint density at radius 1 is 1.50 bits per heavy atom. The summed E-state index contributed by atoms with van der Waals surface area (Å²) < 4.78 is 33.6. The fourth-order valence-electron chi connectivity index (χ4n) is 0. The topological polar surface area (TPSA) is 0 Å². The van der Waals surface area contributed by atoms with Crippen molar-refractivity contribution >= 4 is 7.85 Å². The summed E-state index contributed by atoms with van der Waals surface area (Å²) in [6.45, 7) is 0.623. The van der Waals surface area contributed by atoms with Crippen LogP contribution in [0, 0.1) is 0 Å². The van der Waals surface area contributed by atoms with Crippen LogP contribution in [0.25, 0.3) is 0 Å². The fourth-order valence-corrected chi connectivity index (χ4v) is 0. The molecule has 0 spiro atoms. The van der Waals surface area contributed by atoms with Gasteiger partial charge in [-0.25, -0.2) is 8.78 Å². The maximum atomic E-state index is 11.5. The van der Waals surface area contributed by atoms with Crippen LogP contribution >= 0.6 is 0 Å². The maximum absolute atomic E-state index is 11.5. The van der Waals surface area contributed by atoms with Crippen molar-refractivity contribution < 1.29 is 64.6 Å². The zero-order valence-electron chi connectivity index (χ0n) is 4.79. The van der Waals surface area contributed by atoms with Crippen molar-refractivity contribution in [3.63, 3.8) is 0 Å². The van der Waals surface area contributed by atoms with Gasteiger partial charge in [0, 0.05) is 0 Å². The van der Waals surface area contributed by atoms with Crippen LogP contribution in [-0.2, 0) is 0 Å². The molecule has 8 heavy (non-hydrogen) atoms. The minimum absolute atomic E-state index is 0. The van der Waals surface area contributed by atoms with Crippen molar-refractivity contribution in [3.05, 3.63) is 0 Å². The van der Waals surface area contributed by atoms with Gasteiger partial charge in [0.25, 0.3) is 0 Å². The van der Waals surface area contributed by atoms with Gasteiger partial charge in [0.05, 0.1) is 0 Å². The van der Waals surface area contributed by atoms with E-state index in [4.69, 9.17) is 0 Å². The molecule has 0 amide bonds. The van der Waals surface area contributed by atoms with Gasteiger partial charge in [0.2, 0.25) is 6.43 Å². The normalized spacial score (nSPS) is 17.2. The summed E-state index contributed by atoms with van der Waals surface area (Å²) in [6, 6.07) is 0. The van der Waals surface area contributed by atoms with Gasteiger partial charge in [0.1, 0.15) is 0 Å². The molecule has 0 aliphatic heterocycles. The van der Waals surface area contributed by atoms with Crippen LogP contribution < -0.4 is 51.4 Å².